The molecule has 0 heterocycles. The predicted molar refractivity (Wildman–Crippen MR) is 71.4 cm³/mol. The van der Waals surface area contributed by atoms with Crippen LogP contribution in [0, 0.1) is 5.82 Å². The molecule has 0 aliphatic heterocycles. The molecule has 1 rings (SSSR count). The van der Waals surface area contributed by atoms with Crippen LogP contribution in [-0.4, -0.2) is 31.4 Å². The molecule has 0 amide bonds. The minimum absolute atomic E-state index is 0.0504. The van der Waals surface area contributed by atoms with Gasteiger partial charge in [0.15, 0.2) is 0 Å². The minimum Gasteiger partial charge on any atom is -0.389 e. The first kappa shape index (κ1) is 14.9. The summed E-state index contributed by atoms with van der Waals surface area (Å²) in [6.45, 7) is 6.76. The highest BCUT2D eigenvalue weighted by Crippen LogP contribution is 2.30. The maximum absolute atomic E-state index is 14.1. The molecule has 1 N–H and O–H groups in total. The fraction of sp³-hybridized carbons (Fsp3) is 0.571. The Morgan fingerprint density at radius 1 is 1.39 bits per heavy atom. The lowest BCUT2D eigenvalue weighted by Gasteiger charge is -2.32. The van der Waals surface area contributed by atoms with Crippen LogP contribution < -0.4 is 4.90 Å². The van der Waals surface area contributed by atoms with Gasteiger partial charge >= 0.3 is 0 Å². The lowest BCUT2D eigenvalue weighted by atomic mass is 10.1. The molecule has 4 heteroatoms. The standard InChI is InChI=1S/C14H22FNO2/c1-5-16(10(2)9-18-4)14-12(11(3)17)7-6-8-13(14)15/h6-8,10-11,17H,5,9H2,1-4H3/t10?,11-/m0/s1. The Morgan fingerprint density at radius 2 is 2.06 bits per heavy atom. The number of nitrogens with zero attached hydrogens (tertiary/aromatic N) is 1. The number of likely N-dealkylation sites (N-methyl/N-ethyl adjacent to an activating group) is 1. The molecule has 0 saturated carbocycles. The van der Waals surface area contributed by atoms with Crippen molar-refractivity contribution in [3.05, 3.63) is 29.6 Å². The number of ether oxygens (including phenoxy) is 1. The second-order valence-electron chi connectivity index (χ2n) is 4.44. The fourth-order valence-corrected chi connectivity index (χ4v) is 2.19. The average Bonchev–Trinajstić information content (AvgIpc) is 2.32. The number of hydrogen-bond acceptors (Lipinski definition) is 3. The third kappa shape index (κ3) is 3.21. The molecule has 0 bridgehead atoms. The van der Waals surface area contributed by atoms with E-state index in [0.717, 1.165) is 0 Å². The normalized spacial score (nSPS) is 14.3. The summed E-state index contributed by atoms with van der Waals surface area (Å²) in [5.41, 5.74) is 1.08. The molecule has 1 aromatic rings. The number of anilines is 1. The zero-order valence-electron chi connectivity index (χ0n) is 11.5. The summed E-state index contributed by atoms with van der Waals surface area (Å²) in [7, 11) is 1.63. The molecule has 0 fully saturated rings. The van der Waals surface area contributed by atoms with Gasteiger partial charge in [0.25, 0.3) is 0 Å². The van der Waals surface area contributed by atoms with Gasteiger partial charge in [-0.25, -0.2) is 4.39 Å². The van der Waals surface area contributed by atoms with Crippen molar-refractivity contribution in [3.8, 4) is 0 Å². The van der Waals surface area contributed by atoms with Crippen molar-refractivity contribution >= 4 is 5.69 Å². The van der Waals surface area contributed by atoms with Crippen molar-refractivity contribution in [2.45, 2.75) is 32.9 Å². The molecule has 0 aliphatic rings. The van der Waals surface area contributed by atoms with E-state index < -0.39 is 6.10 Å². The van der Waals surface area contributed by atoms with Crippen LogP contribution in [0.1, 0.15) is 32.4 Å². The van der Waals surface area contributed by atoms with Crippen LogP contribution in [0.25, 0.3) is 0 Å². The second kappa shape index (κ2) is 6.71. The highest BCUT2D eigenvalue weighted by atomic mass is 19.1. The Kier molecular flexibility index (Phi) is 5.56. The summed E-state index contributed by atoms with van der Waals surface area (Å²) in [4.78, 5) is 1.92. The highest BCUT2D eigenvalue weighted by Gasteiger charge is 2.21. The summed E-state index contributed by atoms with van der Waals surface area (Å²) in [5, 5.41) is 9.76. The fourth-order valence-electron chi connectivity index (χ4n) is 2.19. The first-order valence-electron chi connectivity index (χ1n) is 6.24. The van der Waals surface area contributed by atoms with E-state index in [1.54, 1.807) is 26.2 Å². The van der Waals surface area contributed by atoms with Crippen LogP contribution in [-0.2, 0) is 4.74 Å². The number of halogens is 1. The van der Waals surface area contributed by atoms with Crippen molar-refractivity contribution in [2.75, 3.05) is 25.2 Å². The van der Waals surface area contributed by atoms with Gasteiger partial charge in [-0.05, 0) is 26.8 Å². The van der Waals surface area contributed by atoms with Crippen LogP contribution in [0.15, 0.2) is 18.2 Å². The van der Waals surface area contributed by atoms with E-state index in [1.807, 2.05) is 18.7 Å². The Bertz CT molecular complexity index is 382. The third-order valence-electron chi connectivity index (χ3n) is 3.04. The van der Waals surface area contributed by atoms with Crippen LogP contribution in [0.4, 0.5) is 10.1 Å². The molecule has 0 aliphatic carbocycles. The molecular formula is C14H22FNO2. The number of para-hydroxylation sites is 1. The maximum Gasteiger partial charge on any atom is 0.146 e. The quantitative estimate of drug-likeness (QED) is 0.848. The summed E-state index contributed by atoms with van der Waals surface area (Å²) < 4.78 is 19.2. The van der Waals surface area contributed by atoms with Gasteiger partial charge in [-0.2, -0.15) is 0 Å². The molecular weight excluding hydrogens is 233 g/mol. The van der Waals surface area contributed by atoms with Gasteiger partial charge in [-0.3, -0.25) is 0 Å². The van der Waals surface area contributed by atoms with E-state index in [2.05, 4.69) is 0 Å². The van der Waals surface area contributed by atoms with Crippen molar-refractivity contribution < 1.29 is 14.2 Å². The lowest BCUT2D eigenvalue weighted by molar-refractivity contribution is 0.180. The Hall–Kier alpha value is -1.13. The lowest BCUT2D eigenvalue weighted by Crippen LogP contribution is -2.37. The van der Waals surface area contributed by atoms with E-state index in [1.165, 1.54) is 6.07 Å². The summed E-state index contributed by atoms with van der Waals surface area (Å²) in [5.74, 6) is -0.307. The van der Waals surface area contributed by atoms with Gasteiger partial charge in [-0.1, -0.05) is 12.1 Å². The molecule has 0 saturated heterocycles. The van der Waals surface area contributed by atoms with E-state index >= 15 is 0 Å². The zero-order chi connectivity index (χ0) is 13.7. The Balaban J connectivity index is 3.19. The van der Waals surface area contributed by atoms with Crippen LogP contribution in [0.2, 0.25) is 0 Å². The minimum atomic E-state index is -0.695. The smallest absolute Gasteiger partial charge is 0.146 e. The van der Waals surface area contributed by atoms with E-state index in [0.29, 0.717) is 24.4 Å². The van der Waals surface area contributed by atoms with E-state index in [9.17, 15) is 9.50 Å². The molecule has 0 spiro atoms. The number of methoxy groups -OCH3 is 1. The number of aliphatic hydroxyl groups is 1. The molecule has 0 radical (unpaired) electrons. The van der Waals surface area contributed by atoms with Crippen molar-refractivity contribution in [1.29, 1.82) is 0 Å². The molecule has 3 nitrogen and oxygen atoms in total. The van der Waals surface area contributed by atoms with Crippen LogP contribution in [0.3, 0.4) is 0 Å². The van der Waals surface area contributed by atoms with Gasteiger partial charge in [0.2, 0.25) is 0 Å². The van der Waals surface area contributed by atoms with Crippen molar-refractivity contribution in [3.63, 3.8) is 0 Å². The molecule has 0 aromatic heterocycles. The molecule has 102 valence electrons. The highest BCUT2D eigenvalue weighted by molar-refractivity contribution is 5.56. The van der Waals surface area contributed by atoms with E-state index in [-0.39, 0.29) is 11.9 Å². The Labute approximate surface area is 108 Å². The van der Waals surface area contributed by atoms with Crippen molar-refractivity contribution in [1.82, 2.24) is 0 Å². The largest absolute Gasteiger partial charge is 0.389 e. The van der Waals surface area contributed by atoms with Gasteiger partial charge < -0.3 is 14.7 Å². The first-order chi connectivity index (χ1) is 8.52. The molecule has 18 heavy (non-hydrogen) atoms. The molecule has 1 unspecified atom stereocenters. The van der Waals surface area contributed by atoms with Crippen molar-refractivity contribution in [2.24, 2.45) is 0 Å². The van der Waals surface area contributed by atoms with Gasteiger partial charge in [0, 0.05) is 25.3 Å². The Morgan fingerprint density at radius 3 is 2.56 bits per heavy atom. The number of benzene rings is 1. The number of aliphatic hydroxyl groups excluding tert-OH is 1. The molecule has 1 aromatic carbocycles. The average molecular weight is 255 g/mol. The van der Waals surface area contributed by atoms with Gasteiger partial charge in [0.1, 0.15) is 5.82 Å². The van der Waals surface area contributed by atoms with E-state index in [4.69, 9.17) is 4.74 Å². The summed E-state index contributed by atoms with van der Waals surface area (Å²) in [6.07, 6.45) is -0.695. The number of rotatable bonds is 6. The van der Waals surface area contributed by atoms with Crippen LogP contribution >= 0.6 is 0 Å². The third-order valence-corrected chi connectivity index (χ3v) is 3.04. The zero-order valence-corrected chi connectivity index (χ0v) is 11.5. The second-order valence-corrected chi connectivity index (χ2v) is 4.44. The first-order valence-corrected chi connectivity index (χ1v) is 6.24. The van der Waals surface area contributed by atoms with Gasteiger partial charge in [-0.15, -0.1) is 0 Å². The summed E-state index contributed by atoms with van der Waals surface area (Å²) in [6, 6.07) is 4.85. The van der Waals surface area contributed by atoms with Gasteiger partial charge in [0.05, 0.1) is 18.4 Å². The summed E-state index contributed by atoms with van der Waals surface area (Å²) >= 11 is 0. The monoisotopic (exact) mass is 255 g/mol. The SMILES string of the molecule is CCN(c1c(F)cccc1[C@H](C)O)C(C)COC. The predicted octanol–water partition coefficient (Wildman–Crippen LogP) is 2.74. The molecule has 2 atom stereocenters. The number of hydrogen-bond donors (Lipinski definition) is 1. The topological polar surface area (TPSA) is 32.7 Å². The maximum atomic E-state index is 14.1. The van der Waals surface area contributed by atoms with Crippen LogP contribution in [0.5, 0.6) is 0 Å².